The molecule has 3 heterocycles. The zero-order valence-electron chi connectivity index (χ0n) is 14.4. The lowest BCUT2D eigenvalue weighted by Gasteiger charge is -2.03. The third-order valence-corrected chi connectivity index (χ3v) is 5.02. The Morgan fingerprint density at radius 1 is 1.31 bits per heavy atom. The molecule has 0 fully saturated rings. The Hall–Kier alpha value is -3.06. The van der Waals surface area contributed by atoms with Crippen molar-refractivity contribution in [3.63, 3.8) is 0 Å². The molecule has 0 unspecified atom stereocenters. The molecule has 0 aliphatic heterocycles. The van der Waals surface area contributed by atoms with E-state index >= 15 is 0 Å². The average molecular weight is 367 g/mol. The molecule has 4 aromatic rings. The van der Waals surface area contributed by atoms with Crippen molar-refractivity contribution >= 4 is 28.2 Å². The SMILES string of the molecule is COc1cccc2cc(C(=O)NCc3cc(-c4cccs4)nn3C)oc12. The number of hydrogen-bond acceptors (Lipinski definition) is 5. The molecule has 132 valence electrons. The van der Waals surface area contributed by atoms with Gasteiger partial charge in [0.05, 0.1) is 24.2 Å². The molecule has 6 nitrogen and oxygen atoms in total. The van der Waals surface area contributed by atoms with Crippen molar-refractivity contribution < 1.29 is 13.9 Å². The number of carbonyl (C=O) groups is 1. The second kappa shape index (κ2) is 6.68. The maximum absolute atomic E-state index is 12.5. The topological polar surface area (TPSA) is 69.3 Å². The molecule has 1 amide bonds. The number of benzene rings is 1. The first kappa shape index (κ1) is 16.4. The number of furan rings is 1. The third kappa shape index (κ3) is 2.97. The smallest absolute Gasteiger partial charge is 0.287 e. The van der Waals surface area contributed by atoms with Gasteiger partial charge in [-0.25, -0.2) is 0 Å². The summed E-state index contributed by atoms with van der Waals surface area (Å²) in [5, 5.41) is 10.2. The number of ether oxygens (including phenoxy) is 1. The van der Waals surface area contributed by atoms with Crippen LogP contribution in [0.2, 0.25) is 0 Å². The van der Waals surface area contributed by atoms with Gasteiger partial charge in [0.2, 0.25) is 0 Å². The number of hydrogen-bond donors (Lipinski definition) is 1. The molecule has 0 saturated carbocycles. The van der Waals surface area contributed by atoms with E-state index in [0.717, 1.165) is 21.7 Å². The van der Waals surface area contributed by atoms with Gasteiger partial charge in [-0.1, -0.05) is 18.2 Å². The summed E-state index contributed by atoms with van der Waals surface area (Å²) in [4.78, 5) is 13.6. The first-order valence-electron chi connectivity index (χ1n) is 8.07. The number of rotatable bonds is 5. The number of thiophene rings is 1. The Kier molecular flexibility index (Phi) is 4.22. The minimum atomic E-state index is -0.276. The fourth-order valence-electron chi connectivity index (χ4n) is 2.78. The van der Waals surface area contributed by atoms with Crippen LogP contribution in [0.5, 0.6) is 5.75 Å². The third-order valence-electron chi connectivity index (χ3n) is 4.13. The minimum absolute atomic E-state index is 0.255. The molecule has 0 spiro atoms. The normalized spacial score (nSPS) is 11.0. The van der Waals surface area contributed by atoms with Crippen molar-refractivity contribution in [2.24, 2.45) is 7.05 Å². The van der Waals surface area contributed by atoms with Crippen molar-refractivity contribution in [2.45, 2.75) is 6.54 Å². The zero-order valence-corrected chi connectivity index (χ0v) is 15.2. The fraction of sp³-hybridized carbons (Fsp3) is 0.158. The Morgan fingerprint density at radius 3 is 2.96 bits per heavy atom. The summed E-state index contributed by atoms with van der Waals surface area (Å²) < 4.78 is 12.7. The number of nitrogens with zero attached hydrogens (tertiary/aromatic N) is 2. The van der Waals surface area contributed by atoms with Crippen molar-refractivity contribution in [1.82, 2.24) is 15.1 Å². The van der Waals surface area contributed by atoms with E-state index in [1.165, 1.54) is 0 Å². The summed E-state index contributed by atoms with van der Waals surface area (Å²) in [6.45, 7) is 0.363. The summed E-state index contributed by atoms with van der Waals surface area (Å²) in [6, 6.07) is 13.3. The van der Waals surface area contributed by atoms with Crippen LogP contribution in [0.25, 0.3) is 21.5 Å². The van der Waals surface area contributed by atoms with Gasteiger partial charge < -0.3 is 14.5 Å². The fourth-order valence-corrected chi connectivity index (χ4v) is 3.46. The first-order chi connectivity index (χ1) is 12.7. The maximum atomic E-state index is 12.5. The Bertz CT molecular complexity index is 1060. The number of carbonyl (C=O) groups excluding carboxylic acids is 1. The molecule has 0 aliphatic rings. The van der Waals surface area contributed by atoms with Gasteiger partial charge in [-0.3, -0.25) is 9.48 Å². The average Bonchev–Trinajstić information content (AvgIpc) is 3.38. The summed E-state index contributed by atoms with van der Waals surface area (Å²) >= 11 is 1.64. The molecule has 0 aliphatic carbocycles. The second-order valence-electron chi connectivity index (χ2n) is 5.79. The highest BCUT2D eigenvalue weighted by atomic mass is 32.1. The van der Waals surface area contributed by atoms with Gasteiger partial charge in [0.15, 0.2) is 17.1 Å². The number of aromatic nitrogens is 2. The molecular formula is C19H17N3O3S. The number of amides is 1. The van der Waals surface area contributed by atoms with Gasteiger partial charge in [0.1, 0.15) is 5.69 Å². The highest BCUT2D eigenvalue weighted by molar-refractivity contribution is 7.13. The Balaban J connectivity index is 1.51. The van der Waals surface area contributed by atoms with Crippen LogP contribution in [0, 0.1) is 0 Å². The summed E-state index contributed by atoms with van der Waals surface area (Å²) in [6.07, 6.45) is 0. The molecule has 3 aromatic heterocycles. The van der Waals surface area contributed by atoms with Gasteiger partial charge >= 0.3 is 0 Å². The van der Waals surface area contributed by atoms with Gasteiger partial charge in [-0.05, 0) is 29.6 Å². The predicted octanol–water partition coefficient (Wildman–Crippen LogP) is 3.83. The largest absolute Gasteiger partial charge is 0.493 e. The number of methoxy groups -OCH3 is 1. The molecule has 4 rings (SSSR count). The number of nitrogens with one attached hydrogen (secondary N) is 1. The van der Waals surface area contributed by atoms with Crippen LogP contribution in [0.3, 0.4) is 0 Å². The standard InChI is InChI=1S/C19H17N3O3S/c1-22-13(10-14(21-22)17-7-4-8-26-17)11-20-19(23)16-9-12-5-3-6-15(24-2)18(12)25-16/h3-10H,11H2,1-2H3,(H,20,23). The highest BCUT2D eigenvalue weighted by Gasteiger charge is 2.15. The van der Waals surface area contributed by atoms with Crippen LogP contribution in [0.15, 0.2) is 52.3 Å². The van der Waals surface area contributed by atoms with Gasteiger partial charge in [0, 0.05) is 12.4 Å². The summed E-state index contributed by atoms with van der Waals surface area (Å²) in [5.74, 6) is 0.584. The van der Waals surface area contributed by atoms with Crippen LogP contribution in [-0.4, -0.2) is 22.8 Å². The quantitative estimate of drug-likeness (QED) is 0.582. The van der Waals surface area contributed by atoms with Crippen molar-refractivity contribution in [3.05, 3.63) is 59.3 Å². The molecule has 1 aromatic carbocycles. The van der Waals surface area contributed by atoms with Gasteiger partial charge in [0.25, 0.3) is 5.91 Å². The highest BCUT2D eigenvalue weighted by Crippen LogP contribution is 2.28. The van der Waals surface area contributed by atoms with E-state index < -0.39 is 0 Å². The van der Waals surface area contributed by atoms with E-state index in [1.54, 1.807) is 35.3 Å². The number of fused-ring (bicyclic) bond motifs is 1. The van der Waals surface area contributed by atoms with E-state index in [9.17, 15) is 4.79 Å². The molecule has 26 heavy (non-hydrogen) atoms. The summed E-state index contributed by atoms with van der Waals surface area (Å²) in [5.41, 5.74) is 2.39. The van der Waals surface area contributed by atoms with E-state index in [1.807, 2.05) is 42.8 Å². The minimum Gasteiger partial charge on any atom is -0.493 e. The second-order valence-corrected chi connectivity index (χ2v) is 6.74. The zero-order chi connectivity index (χ0) is 18.1. The Morgan fingerprint density at radius 2 is 2.19 bits per heavy atom. The van der Waals surface area contributed by atoms with Gasteiger partial charge in [-0.15, -0.1) is 11.3 Å². The van der Waals surface area contributed by atoms with Crippen molar-refractivity contribution in [1.29, 1.82) is 0 Å². The molecule has 7 heteroatoms. The lowest BCUT2D eigenvalue weighted by molar-refractivity contribution is 0.0924. The van der Waals surface area contributed by atoms with Crippen LogP contribution in [0.4, 0.5) is 0 Å². The van der Waals surface area contributed by atoms with E-state index in [0.29, 0.717) is 17.9 Å². The summed E-state index contributed by atoms with van der Waals surface area (Å²) in [7, 11) is 3.44. The first-order valence-corrected chi connectivity index (χ1v) is 8.95. The van der Waals surface area contributed by atoms with Crippen LogP contribution >= 0.6 is 11.3 Å². The number of para-hydroxylation sites is 1. The van der Waals surface area contributed by atoms with Crippen molar-refractivity contribution in [2.75, 3.05) is 7.11 Å². The molecule has 0 radical (unpaired) electrons. The van der Waals surface area contributed by atoms with Gasteiger partial charge in [-0.2, -0.15) is 5.10 Å². The van der Waals surface area contributed by atoms with Crippen LogP contribution in [0.1, 0.15) is 16.2 Å². The molecule has 1 N–H and O–H groups in total. The van der Waals surface area contributed by atoms with E-state index in [-0.39, 0.29) is 11.7 Å². The monoisotopic (exact) mass is 367 g/mol. The lowest BCUT2D eigenvalue weighted by Crippen LogP contribution is -2.23. The lowest BCUT2D eigenvalue weighted by atomic mass is 10.2. The molecule has 0 atom stereocenters. The molecule has 0 bridgehead atoms. The number of aryl methyl sites for hydroxylation is 1. The van der Waals surface area contributed by atoms with E-state index in [2.05, 4.69) is 10.4 Å². The van der Waals surface area contributed by atoms with Crippen molar-refractivity contribution in [3.8, 4) is 16.3 Å². The predicted molar refractivity (Wildman–Crippen MR) is 100 cm³/mol. The van der Waals surface area contributed by atoms with Crippen LogP contribution in [-0.2, 0) is 13.6 Å². The maximum Gasteiger partial charge on any atom is 0.287 e. The molecular weight excluding hydrogens is 350 g/mol. The molecule has 0 saturated heterocycles. The Labute approximate surface area is 154 Å². The van der Waals surface area contributed by atoms with Crippen LogP contribution < -0.4 is 10.1 Å². The van der Waals surface area contributed by atoms with E-state index in [4.69, 9.17) is 9.15 Å².